The van der Waals surface area contributed by atoms with Gasteiger partial charge in [0.15, 0.2) is 0 Å². The standard InChI is InChI=1S/C30H26NO.C20H20NSi.Ir/c1-20-9-11-23(12-10-20)25-7-4-8-29-30(25)26-19-24(13-14-28(26)32-29)27-18-22(15-16-31-27)17-21-5-2-3-6-21;1-22(2,3)19-12-13-20(21-15-19)18-11-7-10-17(14-18)16-8-5-4-6-9-16;/h4,7-12,14-16,18-19,21H,2-3,5-6,17H2,1H3;4-10,12-15H,1-3H3;/q2*-1;. The van der Waals surface area contributed by atoms with Crippen LogP contribution in [0.3, 0.4) is 0 Å². The summed E-state index contributed by atoms with van der Waals surface area (Å²) >= 11 is 0. The third kappa shape index (κ3) is 8.81. The first-order chi connectivity index (χ1) is 26.3. The van der Waals surface area contributed by atoms with E-state index in [0.29, 0.717) is 0 Å². The molecule has 1 radical (unpaired) electrons. The van der Waals surface area contributed by atoms with Crippen molar-refractivity contribution in [2.75, 3.05) is 0 Å². The van der Waals surface area contributed by atoms with Crippen LogP contribution in [-0.4, -0.2) is 18.0 Å². The van der Waals surface area contributed by atoms with E-state index in [1.54, 1.807) is 0 Å². The Kier molecular flexibility index (Phi) is 11.7. The molecule has 0 amide bonds. The Labute approximate surface area is 340 Å². The van der Waals surface area contributed by atoms with Crippen molar-refractivity contribution in [2.45, 2.75) is 58.7 Å². The van der Waals surface area contributed by atoms with E-state index < -0.39 is 8.07 Å². The molecule has 3 nitrogen and oxygen atoms in total. The average Bonchev–Trinajstić information content (AvgIpc) is 3.86. The maximum atomic E-state index is 6.19. The first-order valence-electron chi connectivity index (χ1n) is 19.2. The predicted octanol–water partition coefficient (Wildman–Crippen LogP) is 12.9. The molecule has 8 aromatic rings. The molecule has 55 heavy (non-hydrogen) atoms. The Morgan fingerprint density at radius 3 is 2.22 bits per heavy atom. The van der Waals surface area contributed by atoms with Gasteiger partial charge in [-0.1, -0.05) is 147 Å². The van der Waals surface area contributed by atoms with E-state index in [-0.39, 0.29) is 20.1 Å². The van der Waals surface area contributed by atoms with Gasteiger partial charge in [0.1, 0.15) is 5.58 Å². The second-order valence-electron chi connectivity index (χ2n) is 15.7. The Balaban J connectivity index is 0.000000178. The minimum absolute atomic E-state index is 0. The van der Waals surface area contributed by atoms with Crippen LogP contribution in [0, 0.1) is 25.0 Å². The molecule has 277 valence electrons. The SMILES string of the molecule is C[Si](C)(C)c1ccc(-c2[c-]ccc(-c3ccccc3)c2)nc1.Cc1ccc(-c2cccc3oc4c[c-]c(-c5cc(CC6CCCC6)ccn5)cc4c23)cc1.[Ir]. The number of pyridine rings is 2. The number of aromatic nitrogens is 2. The number of aryl methyl sites for hydroxylation is 1. The molecule has 0 saturated heterocycles. The van der Waals surface area contributed by atoms with Crippen LogP contribution in [0.2, 0.25) is 19.6 Å². The molecule has 0 atom stereocenters. The monoisotopic (exact) mass is 911 g/mol. The average molecular weight is 911 g/mol. The molecule has 5 aromatic carbocycles. The predicted molar refractivity (Wildman–Crippen MR) is 229 cm³/mol. The van der Waals surface area contributed by atoms with Crippen LogP contribution in [-0.2, 0) is 26.5 Å². The molecule has 1 aliphatic carbocycles. The smallest absolute Gasteiger partial charge is 0.121 e. The van der Waals surface area contributed by atoms with E-state index in [4.69, 9.17) is 4.42 Å². The number of furan rings is 1. The molecule has 3 aromatic heterocycles. The van der Waals surface area contributed by atoms with Gasteiger partial charge in [0.2, 0.25) is 0 Å². The molecular weight excluding hydrogens is 865 g/mol. The molecule has 0 aliphatic heterocycles. The molecule has 5 heteroatoms. The van der Waals surface area contributed by atoms with E-state index in [0.717, 1.165) is 56.8 Å². The number of fused-ring (bicyclic) bond motifs is 3. The summed E-state index contributed by atoms with van der Waals surface area (Å²) in [5, 5.41) is 3.66. The van der Waals surface area contributed by atoms with Crippen molar-refractivity contribution in [2.24, 2.45) is 5.92 Å². The number of benzene rings is 5. The minimum Gasteiger partial charge on any atom is -0.500 e. The zero-order valence-corrected chi connectivity index (χ0v) is 35.4. The molecular formula is C50H46IrN2OSi-2. The number of hydrogen-bond acceptors (Lipinski definition) is 3. The summed E-state index contributed by atoms with van der Waals surface area (Å²) in [6, 6.07) is 51.3. The molecule has 1 aliphatic rings. The molecule has 3 heterocycles. The Morgan fingerprint density at radius 1 is 0.691 bits per heavy atom. The molecule has 0 spiro atoms. The van der Waals surface area contributed by atoms with Crippen molar-refractivity contribution in [1.29, 1.82) is 0 Å². The summed E-state index contributed by atoms with van der Waals surface area (Å²) in [5.74, 6) is 0.826. The van der Waals surface area contributed by atoms with Crippen molar-refractivity contribution in [3.63, 3.8) is 0 Å². The Morgan fingerprint density at radius 2 is 1.47 bits per heavy atom. The molecule has 0 bridgehead atoms. The largest absolute Gasteiger partial charge is 0.500 e. The van der Waals surface area contributed by atoms with Gasteiger partial charge in [0, 0.05) is 37.9 Å². The van der Waals surface area contributed by atoms with Gasteiger partial charge in [0.05, 0.1) is 13.7 Å². The van der Waals surface area contributed by atoms with Gasteiger partial charge in [-0.2, -0.15) is 0 Å². The van der Waals surface area contributed by atoms with Gasteiger partial charge in [-0.25, -0.2) is 0 Å². The van der Waals surface area contributed by atoms with Crippen molar-refractivity contribution >= 4 is 35.2 Å². The van der Waals surface area contributed by atoms with Crippen LogP contribution in [0.5, 0.6) is 0 Å². The van der Waals surface area contributed by atoms with Gasteiger partial charge >= 0.3 is 0 Å². The third-order valence-electron chi connectivity index (χ3n) is 10.7. The summed E-state index contributed by atoms with van der Waals surface area (Å²) in [5.41, 5.74) is 13.3. The third-order valence-corrected chi connectivity index (χ3v) is 12.7. The second-order valence-corrected chi connectivity index (χ2v) is 20.8. The second kappa shape index (κ2) is 16.8. The van der Waals surface area contributed by atoms with Crippen molar-refractivity contribution < 1.29 is 24.5 Å². The first-order valence-corrected chi connectivity index (χ1v) is 22.7. The van der Waals surface area contributed by atoms with E-state index in [1.807, 2.05) is 36.7 Å². The van der Waals surface area contributed by atoms with Crippen molar-refractivity contribution in [3.8, 4) is 44.8 Å². The van der Waals surface area contributed by atoms with Crippen LogP contribution < -0.4 is 5.19 Å². The maximum Gasteiger partial charge on any atom is 0.121 e. The minimum atomic E-state index is -1.29. The summed E-state index contributed by atoms with van der Waals surface area (Å²) in [6.07, 6.45) is 10.6. The molecule has 0 unspecified atom stereocenters. The molecule has 1 fully saturated rings. The summed E-state index contributed by atoms with van der Waals surface area (Å²) in [7, 11) is -1.29. The number of rotatable bonds is 7. The van der Waals surface area contributed by atoms with E-state index >= 15 is 0 Å². The van der Waals surface area contributed by atoms with E-state index in [1.165, 1.54) is 64.3 Å². The molecule has 9 rings (SSSR count). The normalized spacial score (nSPS) is 13.0. The van der Waals surface area contributed by atoms with Gasteiger partial charge in [-0.05, 0) is 64.7 Å². The number of nitrogens with zero attached hydrogens (tertiary/aromatic N) is 2. The van der Waals surface area contributed by atoms with Crippen molar-refractivity contribution in [3.05, 3.63) is 163 Å². The molecule has 0 N–H and O–H groups in total. The summed E-state index contributed by atoms with van der Waals surface area (Å²) in [4.78, 5) is 9.34. The number of hydrogen-bond donors (Lipinski definition) is 0. The zero-order valence-electron chi connectivity index (χ0n) is 32.0. The first kappa shape index (κ1) is 38.3. The van der Waals surface area contributed by atoms with Crippen molar-refractivity contribution in [1.82, 2.24) is 9.97 Å². The van der Waals surface area contributed by atoms with Gasteiger partial charge in [-0.3, -0.25) is 0 Å². The van der Waals surface area contributed by atoms with Crippen LogP contribution in [0.1, 0.15) is 36.8 Å². The maximum absolute atomic E-state index is 6.19. The zero-order chi connectivity index (χ0) is 37.1. The topological polar surface area (TPSA) is 38.9 Å². The quantitative estimate of drug-likeness (QED) is 0.118. The van der Waals surface area contributed by atoms with Crippen LogP contribution >= 0.6 is 0 Å². The summed E-state index contributed by atoms with van der Waals surface area (Å²) in [6.45, 7) is 9.14. The van der Waals surface area contributed by atoms with Gasteiger partial charge in [-0.15, -0.1) is 59.2 Å². The van der Waals surface area contributed by atoms with E-state index in [2.05, 4.69) is 152 Å². The fourth-order valence-electron chi connectivity index (χ4n) is 7.61. The van der Waals surface area contributed by atoms with Crippen LogP contribution in [0.15, 0.2) is 144 Å². The van der Waals surface area contributed by atoms with Crippen LogP contribution in [0.4, 0.5) is 0 Å². The summed E-state index contributed by atoms with van der Waals surface area (Å²) < 4.78 is 6.19. The fourth-order valence-corrected chi connectivity index (χ4v) is 8.64. The van der Waals surface area contributed by atoms with E-state index in [9.17, 15) is 0 Å². The fraction of sp³-hybridized carbons (Fsp3) is 0.200. The molecule has 1 saturated carbocycles. The Hall–Kier alpha value is -4.93. The van der Waals surface area contributed by atoms with Crippen LogP contribution in [0.25, 0.3) is 66.7 Å². The Bertz CT molecular complexity index is 2510. The van der Waals surface area contributed by atoms with Gasteiger partial charge < -0.3 is 14.4 Å². The van der Waals surface area contributed by atoms with Gasteiger partial charge in [0.25, 0.3) is 0 Å².